The molecule has 0 aromatic heterocycles. The van der Waals surface area contributed by atoms with Crippen LogP contribution < -0.4 is 11.1 Å². The zero-order valence-corrected chi connectivity index (χ0v) is 11.6. The summed E-state index contributed by atoms with van der Waals surface area (Å²) in [7, 11) is 0. The lowest BCUT2D eigenvalue weighted by atomic mass is 10.0. The molecule has 1 aromatic carbocycles. The van der Waals surface area contributed by atoms with Crippen molar-refractivity contribution >= 4 is 5.91 Å². The van der Waals surface area contributed by atoms with Gasteiger partial charge in [-0.15, -0.1) is 0 Å². The van der Waals surface area contributed by atoms with E-state index in [1.165, 1.54) is 0 Å². The average molecular weight is 248 g/mol. The Kier molecular flexibility index (Phi) is 5.86. The third-order valence-corrected chi connectivity index (χ3v) is 3.41. The molecule has 0 bridgehead atoms. The summed E-state index contributed by atoms with van der Waals surface area (Å²) in [6, 6.07) is 5.82. The first-order chi connectivity index (χ1) is 8.56. The molecule has 0 aliphatic rings. The summed E-state index contributed by atoms with van der Waals surface area (Å²) < 4.78 is 0. The van der Waals surface area contributed by atoms with Crippen molar-refractivity contribution in [3.63, 3.8) is 0 Å². The fourth-order valence-corrected chi connectivity index (χ4v) is 1.86. The summed E-state index contributed by atoms with van der Waals surface area (Å²) in [5.41, 5.74) is 8.55. The van der Waals surface area contributed by atoms with E-state index in [9.17, 15) is 4.79 Å². The van der Waals surface area contributed by atoms with Crippen molar-refractivity contribution in [2.24, 2.45) is 11.7 Å². The van der Waals surface area contributed by atoms with Gasteiger partial charge >= 0.3 is 0 Å². The maximum Gasteiger partial charge on any atom is 0.251 e. The van der Waals surface area contributed by atoms with Gasteiger partial charge in [0.1, 0.15) is 0 Å². The molecule has 1 unspecified atom stereocenters. The van der Waals surface area contributed by atoms with Crippen molar-refractivity contribution in [3.05, 3.63) is 34.9 Å². The first-order valence-electron chi connectivity index (χ1n) is 6.60. The van der Waals surface area contributed by atoms with Crippen LogP contribution in [0.2, 0.25) is 0 Å². The molecule has 3 nitrogen and oxygen atoms in total. The Morgan fingerprint density at radius 2 is 2.11 bits per heavy atom. The van der Waals surface area contributed by atoms with Gasteiger partial charge in [-0.05, 0) is 56.3 Å². The molecule has 0 radical (unpaired) electrons. The van der Waals surface area contributed by atoms with Gasteiger partial charge < -0.3 is 11.1 Å². The number of hydrogen-bond donors (Lipinski definition) is 2. The first-order valence-corrected chi connectivity index (χ1v) is 6.60. The van der Waals surface area contributed by atoms with Crippen molar-refractivity contribution in [2.45, 2.75) is 33.6 Å². The van der Waals surface area contributed by atoms with Crippen LogP contribution in [0.15, 0.2) is 18.2 Å². The fraction of sp³-hybridized carbons (Fsp3) is 0.533. The molecule has 0 heterocycles. The van der Waals surface area contributed by atoms with Crippen LogP contribution in [0.25, 0.3) is 0 Å². The van der Waals surface area contributed by atoms with E-state index in [0.717, 1.165) is 36.1 Å². The zero-order valence-electron chi connectivity index (χ0n) is 11.6. The number of benzene rings is 1. The molecule has 3 heteroatoms. The van der Waals surface area contributed by atoms with E-state index in [1.54, 1.807) is 0 Å². The molecular weight excluding hydrogens is 224 g/mol. The van der Waals surface area contributed by atoms with Crippen LogP contribution in [0.4, 0.5) is 0 Å². The molecule has 0 saturated carbocycles. The Hall–Kier alpha value is -1.35. The molecule has 18 heavy (non-hydrogen) atoms. The predicted octanol–water partition coefficient (Wildman–Crippen LogP) is 2.41. The lowest BCUT2D eigenvalue weighted by molar-refractivity contribution is 0.0952. The van der Waals surface area contributed by atoms with E-state index in [4.69, 9.17) is 5.73 Å². The van der Waals surface area contributed by atoms with Crippen LogP contribution in [0.1, 0.15) is 41.3 Å². The van der Waals surface area contributed by atoms with Crippen molar-refractivity contribution in [3.8, 4) is 0 Å². The molecule has 100 valence electrons. The minimum absolute atomic E-state index is 0.0246. The number of carbonyl (C=O) groups is 1. The van der Waals surface area contributed by atoms with Crippen molar-refractivity contribution in [2.75, 3.05) is 13.1 Å². The third kappa shape index (κ3) is 4.15. The summed E-state index contributed by atoms with van der Waals surface area (Å²) in [5.74, 6) is 0.555. The second kappa shape index (κ2) is 7.17. The average Bonchev–Trinajstić information content (AvgIpc) is 2.37. The highest BCUT2D eigenvalue weighted by atomic mass is 16.1. The van der Waals surface area contributed by atoms with Gasteiger partial charge in [0, 0.05) is 12.1 Å². The summed E-state index contributed by atoms with van der Waals surface area (Å²) >= 11 is 0. The molecule has 0 aliphatic carbocycles. The van der Waals surface area contributed by atoms with Crippen molar-refractivity contribution in [1.82, 2.24) is 5.32 Å². The van der Waals surface area contributed by atoms with Gasteiger partial charge in [-0.2, -0.15) is 0 Å². The Labute approximate surface area is 110 Å². The fourth-order valence-electron chi connectivity index (χ4n) is 1.86. The number of amides is 1. The van der Waals surface area contributed by atoms with E-state index in [1.807, 2.05) is 32.0 Å². The van der Waals surface area contributed by atoms with Gasteiger partial charge in [0.15, 0.2) is 0 Å². The van der Waals surface area contributed by atoms with E-state index in [2.05, 4.69) is 12.2 Å². The standard InChI is InChI=1S/C15H24N2O/c1-11(10-16)6-5-9-17-15(18)14-8-4-7-12(2)13(14)3/h4,7-8,11H,5-6,9-10,16H2,1-3H3,(H,17,18). The van der Waals surface area contributed by atoms with Crippen LogP contribution in [0.5, 0.6) is 0 Å². The van der Waals surface area contributed by atoms with E-state index in [0.29, 0.717) is 12.5 Å². The van der Waals surface area contributed by atoms with Crippen LogP contribution in [0.3, 0.4) is 0 Å². The first kappa shape index (κ1) is 14.7. The molecule has 0 fully saturated rings. The number of aryl methyl sites for hydroxylation is 1. The summed E-state index contributed by atoms with van der Waals surface area (Å²) in [5, 5.41) is 2.97. The number of rotatable bonds is 6. The monoisotopic (exact) mass is 248 g/mol. The summed E-state index contributed by atoms with van der Waals surface area (Å²) in [6.45, 7) is 7.57. The van der Waals surface area contributed by atoms with E-state index < -0.39 is 0 Å². The van der Waals surface area contributed by atoms with Gasteiger partial charge in [0.05, 0.1) is 0 Å². The molecule has 1 amide bonds. The van der Waals surface area contributed by atoms with E-state index >= 15 is 0 Å². The number of carbonyl (C=O) groups excluding carboxylic acids is 1. The molecule has 0 aliphatic heterocycles. The van der Waals surface area contributed by atoms with Crippen LogP contribution in [-0.4, -0.2) is 19.0 Å². The molecule has 3 N–H and O–H groups in total. The number of nitrogens with two attached hydrogens (primary N) is 1. The Morgan fingerprint density at radius 3 is 2.78 bits per heavy atom. The largest absolute Gasteiger partial charge is 0.352 e. The van der Waals surface area contributed by atoms with E-state index in [-0.39, 0.29) is 5.91 Å². The molecule has 0 saturated heterocycles. The predicted molar refractivity (Wildman–Crippen MR) is 75.7 cm³/mol. The highest BCUT2D eigenvalue weighted by Gasteiger charge is 2.09. The molecule has 1 rings (SSSR count). The lowest BCUT2D eigenvalue weighted by Crippen LogP contribution is -2.26. The van der Waals surface area contributed by atoms with Crippen LogP contribution in [-0.2, 0) is 0 Å². The normalized spacial score (nSPS) is 12.2. The van der Waals surface area contributed by atoms with Crippen molar-refractivity contribution in [1.29, 1.82) is 0 Å². The Bertz CT molecular complexity index is 401. The minimum atomic E-state index is 0.0246. The number of hydrogen-bond acceptors (Lipinski definition) is 2. The lowest BCUT2D eigenvalue weighted by Gasteiger charge is -2.11. The van der Waals surface area contributed by atoms with Crippen LogP contribution >= 0.6 is 0 Å². The zero-order chi connectivity index (χ0) is 13.5. The molecule has 1 atom stereocenters. The Morgan fingerprint density at radius 1 is 1.39 bits per heavy atom. The Balaban J connectivity index is 2.44. The maximum atomic E-state index is 12.0. The number of nitrogens with one attached hydrogen (secondary N) is 1. The van der Waals surface area contributed by atoms with Crippen LogP contribution in [0, 0.1) is 19.8 Å². The van der Waals surface area contributed by atoms with Crippen molar-refractivity contribution < 1.29 is 4.79 Å². The summed E-state index contributed by atoms with van der Waals surface area (Å²) in [6.07, 6.45) is 2.04. The highest BCUT2D eigenvalue weighted by molar-refractivity contribution is 5.95. The second-order valence-electron chi connectivity index (χ2n) is 4.99. The quantitative estimate of drug-likeness (QED) is 0.760. The van der Waals surface area contributed by atoms with Gasteiger partial charge in [0.25, 0.3) is 5.91 Å². The third-order valence-electron chi connectivity index (χ3n) is 3.41. The maximum absolute atomic E-state index is 12.0. The molecule has 1 aromatic rings. The van der Waals surface area contributed by atoms with Gasteiger partial charge in [-0.25, -0.2) is 0 Å². The van der Waals surface area contributed by atoms with Gasteiger partial charge in [-0.3, -0.25) is 4.79 Å². The van der Waals surface area contributed by atoms with Gasteiger partial charge in [0.2, 0.25) is 0 Å². The summed E-state index contributed by atoms with van der Waals surface area (Å²) in [4.78, 5) is 12.0. The smallest absolute Gasteiger partial charge is 0.251 e. The molecule has 0 spiro atoms. The van der Waals surface area contributed by atoms with Gasteiger partial charge in [-0.1, -0.05) is 19.1 Å². The SMILES string of the molecule is Cc1cccc(C(=O)NCCCC(C)CN)c1C. The highest BCUT2D eigenvalue weighted by Crippen LogP contribution is 2.12. The second-order valence-corrected chi connectivity index (χ2v) is 4.99. The topological polar surface area (TPSA) is 55.1 Å². The molecular formula is C15H24N2O. The minimum Gasteiger partial charge on any atom is -0.352 e.